The van der Waals surface area contributed by atoms with Crippen molar-refractivity contribution in [2.45, 2.75) is 13.2 Å². The Balaban J connectivity index is 2.40. The van der Waals surface area contributed by atoms with Gasteiger partial charge >= 0.3 is 0 Å². The highest BCUT2D eigenvalue weighted by atomic mass is 79.9. The molecule has 2 nitrogen and oxygen atoms in total. The van der Waals surface area contributed by atoms with E-state index in [4.69, 9.17) is 21.1 Å². The summed E-state index contributed by atoms with van der Waals surface area (Å²) in [5.74, 6) is 0. The van der Waals surface area contributed by atoms with Gasteiger partial charge in [0.05, 0.1) is 18.2 Å². The standard InChI is InChI=1S/C10H10BrClO2/c1-6-4-7(11)9(8(12)5-6)10-13-2-3-14-10/h4-5,10H,2-3H2,1H3. The fraction of sp³-hybridized carbons (Fsp3) is 0.400. The molecule has 1 aliphatic heterocycles. The normalized spacial score (nSPS) is 17.6. The molecule has 76 valence electrons. The van der Waals surface area contributed by atoms with Crippen LogP contribution in [0.15, 0.2) is 16.6 Å². The van der Waals surface area contributed by atoms with Crippen molar-refractivity contribution >= 4 is 27.5 Å². The lowest BCUT2D eigenvalue weighted by Crippen LogP contribution is -2.00. The van der Waals surface area contributed by atoms with Gasteiger partial charge in [0.25, 0.3) is 0 Å². The van der Waals surface area contributed by atoms with Gasteiger partial charge in [-0.05, 0) is 24.6 Å². The largest absolute Gasteiger partial charge is 0.346 e. The first-order valence-electron chi connectivity index (χ1n) is 4.37. The van der Waals surface area contributed by atoms with E-state index in [9.17, 15) is 0 Å². The molecule has 0 radical (unpaired) electrons. The predicted molar refractivity (Wildman–Crippen MR) is 58.5 cm³/mol. The van der Waals surface area contributed by atoms with Crippen molar-refractivity contribution in [3.63, 3.8) is 0 Å². The van der Waals surface area contributed by atoms with Gasteiger partial charge in [-0.3, -0.25) is 0 Å². The molecule has 1 saturated heterocycles. The number of rotatable bonds is 1. The highest BCUT2D eigenvalue weighted by Crippen LogP contribution is 2.36. The fourth-order valence-electron chi connectivity index (χ4n) is 1.46. The second-order valence-electron chi connectivity index (χ2n) is 3.22. The van der Waals surface area contributed by atoms with Gasteiger partial charge < -0.3 is 9.47 Å². The zero-order valence-corrected chi connectivity index (χ0v) is 10.1. The summed E-state index contributed by atoms with van der Waals surface area (Å²) in [4.78, 5) is 0. The van der Waals surface area contributed by atoms with Crippen molar-refractivity contribution in [1.29, 1.82) is 0 Å². The van der Waals surface area contributed by atoms with Crippen LogP contribution < -0.4 is 0 Å². The number of hydrogen-bond acceptors (Lipinski definition) is 2. The van der Waals surface area contributed by atoms with Crippen molar-refractivity contribution in [2.24, 2.45) is 0 Å². The maximum atomic E-state index is 6.12. The lowest BCUT2D eigenvalue weighted by molar-refractivity contribution is -0.0445. The summed E-state index contributed by atoms with van der Waals surface area (Å²) >= 11 is 9.59. The molecule has 4 heteroatoms. The van der Waals surface area contributed by atoms with Gasteiger partial charge in [0.2, 0.25) is 0 Å². The molecule has 1 fully saturated rings. The van der Waals surface area contributed by atoms with E-state index in [0.717, 1.165) is 15.6 Å². The van der Waals surface area contributed by atoms with Crippen LogP contribution in [-0.2, 0) is 9.47 Å². The number of halogens is 2. The zero-order valence-electron chi connectivity index (χ0n) is 7.72. The molecule has 0 aromatic heterocycles. The molecule has 2 rings (SSSR count). The Morgan fingerprint density at radius 2 is 2.00 bits per heavy atom. The van der Waals surface area contributed by atoms with Crippen LogP contribution in [0.4, 0.5) is 0 Å². The van der Waals surface area contributed by atoms with Gasteiger partial charge in [0.15, 0.2) is 6.29 Å². The molecule has 0 atom stereocenters. The average Bonchev–Trinajstić information content (AvgIpc) is 2.54. The van der Waals surface area contributed by atoms with Gasteiger partial charge in [-0.15, -0.1) is 0 Å². The summed E-state index contributed by atoms with van der Waals surface area (Å²) in [6.45, 7) is 3.25. The van der Waals surface area contributed by atoms with Crippen LogP contribution in [0.5, 0.6) is 0 Å². The Labute approximate surface area is 96.3 Å². The topological polar surface area (TPSA) is 18.5 Å². The maximum Gasteiger partial charge on any atom is 0.186 e. The zero-order chi connectivity index (χ0) is 10.1. The third-order valence-electron chi connectivity index (χ3n) is 2.08. The second kappa shape index (κ2) is 4.19. The van der Waals surface area contributed by atoms with Crippen molar-refractivity contribution in [3.8, 4) is 0 Å². The summed E-state index contributed by atoms with van der Waals surface area (Å²) in [6.07, 6.45) is -0.322. The van der Waals surface area contributed by atoms with Crippen molar-refractivity contribution in [1.82, 2.24) is 0 Å². The van der Waals surface area contributed by atoms with Crippen molar-refractivity contribution < 1.29 is 9.47 Å². The summed E-state index contributed by atoms with van der Waals surface area (Å²) in [6, 6.07) is 3.92. The maximum absolute atomic E-state index is 6.12. The molecule has 1 aromatic carbocycles. The van der Waals surface area contributed by atoms with E-state index >= 15 is 0 Å². The fourth-order valence-corrected chi connectivity index (χ4v) is 2.70. The third kappa shape index (κ3) is 1.96. The predicted octanol–water partition coefficient (Wildman–Crippen LogP) is 3.46. The number of benzene rings is 1. The first kappa shape index (κ1) is 10.4. The molecule has 0 spiro atoms. The van der Waals surface area contributed by atoms with E-state index in [1.54, 1.807) is 0 Å². The molecule has 0 aliphatic carbocycles. The Bertz CT molecular complexity index is 325. The van der Waals surface area contributed by atoms with Crippen LogP contribution in [0, 0.1) is 6.92 Å². The molecule has 0 N–H and O–H groups in total. The third-order valence-corrected chi connectivity index (χ3v) is 3.05. The molecule has 0 amide bonds. The van der Waals surface area contributed by atoms with Gasteiger partial charge in [-0.1, -0.05) is 27.5 Å². The van der Waals surface area contributed by atoms with Gasteiger partial charge in [-0.2, -0.15) is 0 Å². The van der Waals surface area contributed by atoms with Gasteiger partial charge in [-0.25, -0.2) is 0 Å². The molecular formula is C10H10BrClO2. The number of hydrogen-bond donors (Lipinski definition) is 0. The van der Waals surface area contributed by atoms with E-state index in [1.165, 1.54) is 0 Å². The van der Waals surface area contributed by atoms with Crippen molar-refractivity contribution in [3.05, 3.63) is 32.8 Å². The molecule has 0 bridgehead atoms. The molecule has 0 saturated carbocycles. The molecule has 1 heterocycles. The Kier molecular flexibility index (Phi) is 3.12. The minimum Gasteiger partial charge on any atom is -0.346 e. The first-order valence-corrected chi connectivity index (χ1v) is 5.54. The van der Waals surface area contributed by atoms with Crippen LogP contribution in [0.2, 0.25) is 5.02 Å². The van der Waals surface area contributed by atoms with E-state index in [-0.39, 0.29) is 6.29 Å². The summed E-state index contributed by atoms with van der Waals surface area (Å²) in [5.41, 5.74) is 2.00. The Hall–Kier alpha value is -0.0900. The Morgan fingerprint density at radius 1 is 1.36 bits per heavy atom. The van der Waals surface area contributed by atoms with Crippen LogP contribution in [0.1, 0.15) is 17.4 Å². The highest BCUT2D eigenvalue weighted by Gasteiger charge is 2.23. The van der Waals surface area contributed by atoms with E-state index in [2.05, 4.69) is 15.9 Å². The summed E-state index contributed by atoms with van der Waals surface area (Å²) in [7, 11) is 0. The minimum atomic E-state index is -0.322. The minimum absolute atomic E-state index is 0.322. The smallest absolute Gasteiger partial charge is 0.186 e. The van der Waals surface area contributed by atoms with E-state index in [1.807, 2.05) is 19.1 Å². The number of ether oxygens (including phenoxy) is 2. The van der Waals surface area contributed by atoms with E-state index in [0.29, 0.717) is 18.2 Å². The van der Waals surface area contributed by atoms with Crippen molar-refractivity contribution in [2.75, 3.05) is 13.2 Å². The van der Waals surface area contributed by atoms with E-state index < -0.39 is 0 Å². The van der Waals surface area contributed by atoms with Crippen LogP contribution >= 0.6 is 27.5 Å². The van der Waals surface area contributed by atoms with Crippen LogP contribution in [-0.4, -0.2) is 13.2 Å². The van der Waals surface area contributed by atoms with Crippen LogP contribution in [0.25, 0.3) is 0 Å². The molecule has 1 aromatic rings. The molecule has 1 aliphatic rings. The quantitative estimate of drug-likeness (QED) is 0.783. The monoisotopic (exact) mass is 276 g/mol. The lowest BCUT2D eigenvalue weighted by Gasteiger charge is -2.13. The SMILES string of the molecule is Cc1cc(Cl)c(C2OCCO2)c(Br)c1. The summed E-state index contributed by atoms with van der Waals surface area (Å²) in [5, 5.41) is 0.684. The number of aryl methyl sites for hydroxylation is 1. The lowest BCUT2D eigenvalue weighted by atomic mass is 10.1. The average molecular weight is 278 g/mol. The first-order chi connectivity index (χ1) is 6.68. The Morgan fingerprint density at radius 3 is 2.57 bits per heavy atom. The van der Waals surface area contributed by atoms with Gasteiger partial charge in [0.1, 0.15) is 0 Å². The highest BCUT2D eigenvalue weighted by molar-refractivity contribution is 9.10. The molecular weight excluding hydrogens is 267 g/mol. The van der Waals surface area contributed by atoms with Crippen LogP contribution in [0.3, 0.4) is 0 Å². The summed E-state index contributed by atoms with van der Waals surface area (Å²) < 4.78 is 11.7. The molecule has 14 heavy (non-hydrogen) atoms. The molecule has 0 unspecified atom stereocenters. The second-order valence-corrected chi connectivity index (χ2v) is 4.48. The van der Waals surface area contributed by atoms with Gasteiger partial charge in [0, 0.05) is 10.0 Å².